The Balaban J connectivity index is 2.10. The molecule has 7 nitrogen and oxygen atoms in total. The lowest BCUT2D eigenvalue weighted by Crippen LogP contribution is -2.52. The molecule has 0 bridgehead atoms. The van der Waals surface area contributed by atoms with Crippen LogP contribution in [0.1, 0.15) is 49.4 Å². The number of aryl methyl sites for hydroxylation is 3. The fourth-order valence-corrected chi connectivity index (χ4v) is 6.31. The van der Waals surface area contributed by atoms with Gasteiger partial charge in [0, 0.05) is 13.1 Å². The molecular formula is C32H39Cl2N3O4S. The molecule has 0 heterocycles. The van der Waals surface area contributed by atoms with Crippen molar-refractivity contribution in [2.24, 2.45) is 5.92 Å². The van der Waals surface area contributed by atoms with Crippen LogP contribution in [-0.2, 0) is 26.2 Å². The van der Waals surface area contributed by atoms with E-state index in [9.17, 15) is 18.0 Å². The number of hydrogen-bond acceptors (Lipinski definition) is 4. The Morgan fingerprint density at radius 2 is 1.52 bits per heavy atom. The summed E-state index contributed by atoms with van der Waals surface area (Å²) in [7, 11) is -4.15. The lowest BCUT2D eigenvalue weighted by molar-refractivity contribution is -0.140. The molecule has 0 aromatic heterocycles. The van der Waals surface area contributed by atoms with Crippen LogP contribution in [0.3, 0.4) is 0 Å². The van der Waals surface area contributed by atoms with Crippen LogP contribution in [0.25, 0.3) is 0 Å². The number of carbonyl (C=O) groups is 2. The van der Waals surface area contributed by atoms with Gasteiger partial charge in [-0.1, -0.05) is 79.9 Å². The monoisotopic (exact) mass is 631 g/mol. The molecule has 0 aliphatic rings. The highest BCUT2D eigenvalue weighted by molar-refractivity contribution is 7.92. The van der Waals surface area contributed by atoms with Gasteiger partial charge in [0.1, 0.15) is 12.6 Å². The van der Waals surface area contributed by atoms with Gasteiger partial charge in [0.2, 0.25) is 11.8 Å². The highest BCUT2D eigenvalue weighted by Crippen LogP contribution is 2.29. The van der Waals surface area contributed by atoms with Crippen LogP contribution in [0.5, 0.6) is 0 Å². The maximum absolute atomic E-state index is 14.2. The summed E-state index contributed by atoms with van der Waals surface area (Å²) in [6.45, 7) is 11.3. The molecule has 3 aromatic rings. The standard InChI is InChI=1S/C32H39Cl2N3O4S/c1-7-29(32(39)35-18-21(2)3)36(19-25-12-15-27(33)28(34)17-25)31(38)20-37(30-16-23(5)8-11-24(30)6)42(40,41)26-13-9-22(4)10-14-26/h8-17,21,29H,7,18-20H2,1-6H3,(H,35,39)/t29-/m1/s1. The van der Waals surface area contributed by atoms with Crippen molar-refractivity contribution < 1.29 is 18.0 Å². The molecule has 1 N–H and O–H groups in total. The molecule has 3 aromatic carbocycles. The molecule has 0 saturated heterocycles. The number of hydrogen-bond donors (Lipinski definition) is 1. The van der Waals surface area contributed by atoms with Gasteiger partial charge in [0.05, 0.1) is 20.6 Å². The SMILES string of the molecule is CC[C@H](C(=O)NCC(C)C)N(Cc1ccc(Cl)c(Cl)c1)C(=O)CN(c1cc(C)ccc1C)S(=O)(=O)c1ccc(C)cc1. The summed E-state index contributed by atoms with van der Waals surface area (Å²) in [6.07, 6.45) is 0.325. The molecule has 0 aliphatic carbocycles. The first-order chi connectivity index (χ1) is 19.7. The van der Waals surface area contributed by atoms with Crippen molar-refractivity contribution in [3.63, 3.8) is 0 Å². The van der Waals surface area contributed by atoms with Crippen LogP contribution in [-0.4, -0.2) is 44.3 Å². The van der Waals surface area contributed by atoms with E-state index in [2.05, 4.69) is 5.32 Å². The summed E-state index contributed by atoms with van der Waals surface area (Å²) in [5.41, 5.74) is 3.51. The van der Waals surface area contributed by atoms with Crippen molar-refractivity contribution in [3.05, 3.63) is 93.0 Å². The topological polar surface area (TPSA) is 86.8 Å². The van der Waals surface area contributed by atoms with Gasteiger partial charge >= 0.3 is 0 Å². The molecule has 0 saturated carbocycles. The summed E-state index contributed by atoms with van der Waals surface area (Å²) in [4.78, 5) is 29.1. The van der Waals surface area contributed by atoms with E-state index in [-0.39, 0.29) is 23.3 Å². The summed E-state index contributed by atoms with van der Waals surface area (Å²) in [5.74, 6) is -0.617. The Bertz CT molecular complexity index is 1530. The zero-order valence-corrected chi connectivity index (χ0v) is 27.3. The van der Waals surface area contributed by atoms with E-state index in [0.29, 0.717) is 39.8 Å². The maximum atomic E-state index is 14.2. The molecule has 0 radical (unpaired) electrons. The number of benzene rings is 3. The number of carbonyl (C=O) groups excluding carboxylic acids is 2. The first-order valence-electron chi connectivity index (χ1n) is 13.9. The van der Waals surface area contributed by atoms with Gasteiger partial charge in [-0.05, 0) is 80.1 Å². The third kappa shape index (κ3) is 8.27. The number of nitrogens with zero attached hydrogens (tertiary/aromatic N) is 2. The van der Waals surface area contributed by atoms with Crippen molar-refractivity contribution in [2.75, 3.05) is 17.4 Å². The average molecular weight is 633 g/mol. The second kappa shape index (κ2) is 14.4. The van der Waals surface area contributed by atoms with E-state index in [1.54, 1.807) is 43.3 Å². The van der Waals surface area contributed by atoms with Crippen molar-refractivity contribution >= 4 is 50.7 Å². The molecule has 2 amide bonds. The number of rotatable bonds is 12. The van der Waals surface area contributed by atoms with Gasteiger partial charge in [0.15, 0.2) is 0 Å². The van der Waals surface area contributed by atoms with Crippen molar-refractivity contribution in [2.45, 2.75) is 65.4 Å². The van der Waals surface area contributed by atoms with E-state index in [1.807, 2.05) is 46.8 Å². The Morgan fingerprint density at radius 1 is 0.881 bits per heavy atom. The van der Waals surface area contributed by atoms with Crippen LogP contribution in [0.15, 0.2) is 65.6 Å². The Kier molecular flexibility index (Phi) is 11.5. The maximum Gasteiger partial charge on any atom is 0.264 e. The van der Waals surface area contributed by atoms with Gasteiger partial charge in [-0.25, -0.2) is 8.42 Å². The minimum absolute atomic E-state index is 0.0363. The van der Waals surface area contributed by atoms with Crippen LogP contribution in [0, 0.1) is 26.7 Å². The van der Waals surface area contributed by atoms with Gasteiger partial charge in [-0.3, -0.25) is 13.9 Å². The van der Waals surface area contributed by atoms with E-state index in [1.165, 1.54) is 17.0 Å². The molecular weight excluding hydrogens is 593 g/mol. The predicted octanol–water partition coefficient (Wildman–Crippen LogP) is 6.69. The molecule has 42 heavy (non-hydrogen) atoms. The van der Waals surface area contributed by atoms with Crippen molar-refractivity contribution in [1.29, 1.82) is 0 Å². The lowest BCUT2D eigenvalue weighted by atomic mass is 10.1. The quantitative estimate of drug-likeness (QED) is 0.241. The molecule has 0 spiro atoms. The van der Waals surface area contributed by atoms with Crippen LogP contribution < -0.4 is 9.62 Å². The van der Waals surface area contributed by atoms with Crippen LogP contribution >= 0.6 is 23.2 Å². The van der Waals surface area contributed by atoms with E-state index in [4.69, 9.17) is 23.2 Å². The zero-order chi connectivity index (χ0) is 31.2. The third-order valence-corrected chi connectivity index (χ3v) is 9.44. The second-order valence-corrected chi connectivity index (χ2v) is 13.6. The van der Waals surface area contributed by atoms with Gasteiger partial charge in [-0.15, -0.1) is 0 Å². The fraction of sp³-hybridized carbons (Fsp3) is 0.375. The minimum atomic E-state index is -4.15. The third-order valence-electron chi connectivity index (χ3n) is 6.93. The highest BCUT2D eigenvalue weighted by Gasteiger charge is 2.34. The lowest BCUT2D eigenvalue weighted by Gasteiger charge is -2.34. The van der Waals surface area contributed by atoms with Crippen molar-refractivity contribution in [1.82, 2.24) is 10.2 Å². The highest BCUT2D eigenvalue weighted by atomic mass is 35.5. The molecule has 10 heteroatoms. The fourth-order valence-electron chi connectivity index (χ4n) is 4.52. The van der Waals surface area contributed by atoms with Crippen LogP contribution in [0.2, 0.25) is 10.0 Å². The minimum Gasteiger partial charge on any atom is -0.354 e. The van der Waals surface area contributed by atoms with Gasteiger partial charge in [0.25, 0.3) is 10.0 Å². The first-order valence-corrected chi connectivity index (χ1v) is 16.1. The molecule has 0 fully saturated rings. The largest absolute Gasteiger partial charge is 0.354 e. The van der Waals surface area contributed by atoms with Gasteiger partial charge in [-0.2, -0.15) is 0 Å². The molecule has 0 aliphatic heterocycles. The normalized spacial score (nSPS) is 12.2. The van der Waals surface area contributed by atoms with E-state index in [0.717, 1.165) is 15.4 Å². The summed E-state index contributed by atoms with van der Waals surface area (Å²) in [5, 5.41) is 3.61. The molecule has 1 atom stereocenters. The number of sulfonamides is 1. The summed E-state index contributed by atoms with van der Waals surface area (Å²) < 4.78 is 29.3. The average Bonchev–Trinajstić information content (AvgIpc) is 2.93. The van der Waals surface area contributed by atoms with Crippen LogP contribution in [0.4, 0.5) is 5.69 Å². The predicted molar refractivity (Wildman–Crippen MR) is 171 cm³/mol. The Labute approximate surface area is 259 Å². The van der Waals surface area contributed by atoms with Crippen molar-refractivity contribution in [3.8, 4) is 0 Å². The molecule has 0 unspecified atom stereocenters. The van der Waals surface area contributed by atoms with Gasteiger partial charge < -0.3 is 10.2 Å². The number of nitrogens with one attached hydrogen (secondary N) is 1. The number of anilines is 1. The van der Waals surface area contributed by atoms with E-state index >= 15 is 0 Å². The Morgan fingerprint density at radius 3 is 2.12 bits per heavy atom. The summed E-state index contributed by atoms with van der Waals surface area (Å²) in [6, 6.07) is 16.2. The molecule has 226 valence electrons. The Hall–Kier alpha value is -3.07. The number of amides is 2. The molecule has 3 rings (SSSR count). The first kappa shape index (κ1) is 33.4. The summed E-state index contributed by atoms with van der Waals surface area (Å²) >= 11 is 12.4. The van der Waals surface area contributed by atoms with E-state index < -0.39 is 28.5 Å². The number of halogens is 2. The second-order valence-electron chi connectivity index (χ2n) is 10.9. The smallest absolute Gasteiger partial charge is 0.264 e. The zero-order valence-electron chi connectivity index (χ0n) is 24.9.